The number of carbonyl (C=O) groups excluding carboxylic acids is 1. The van der Waals surface area contributed by atoms with Crippen molar-refractivity contribution in [2.75, 3.05) is 25.5 Å². The molecule has 4 rings (SSSR count). The molecule has 164 valence electrons. The number of aromatic nitrogens is 2. The van der Waals surface area contributed by atoms with E-state index in [-0.39, 0.29) is 6.03 Å². The summed E-state index contributed by atoms with van der Waals surface area (Å²) in [6.45, 7) is 3.26. The Morgan fingerprint density at radius 3 is 2.69 bits per heavy atom. The van der Waals surface area contributed by atoms with Crippen LogP contribution in [0.15, 0.2) is 66.5 Å². The molecule has 7 heteroatoms. The van der Waals surface area contributed by atoms with Crippen molar-refractivity contribution in [3.05, 3.63) is 77.8 Å². The van der Waals surface area contributed by atoms with Gasteiger partial charge in [0.05, 0.1) is 24.7 Å². The number of anilines is 1. The molecule has 0 spiro atoms. The minimum Gasteiger partial charge on any atom is -0.481 e. The van der Waals surface area contributed by atoms with Gasteiger partial charge in [0, 0.05) is 25.4 Å². The van der Waals surface area contributed by atoms with Crippen molar-refractivity contribution in [2.24, 2.45) is 0 Å². The minimum absolute atomic E-state index is 0.0871. The molecule has 32 heavy (non-hydrogen) atoms. The fraction of sp³-hybridized carbons (Fsp3) is 0.240. The number of hydrogen-bond acceptors (Lipinski definition) is 5. The largest absolute Gasteiger partial charge is 0.481 e. The van der Waals surface area contributed by atoms with E-state index in [2.05, 4.69) is 27.4 Å². The summed E-state index contributed by atoms with van der Waals surface area (Å²) < 4.78 is 11.2. The number of benzene rings is 1. The number of nitrogens with one attached hydrogen (secondary N) is 1. The zero-order chi connectivity index (χ0) is 22.3. The number of likely N-dealkylation sites (tertiary alicyclic amines) is 1. The molecule has 1 aliphatic rings. The van der Waals surface area contributed by atoms with Gasteiger partial charge in [0.2, 0.25) is 5.88 Å². The average molecular weight is 431 g/mol. The maximum Gasteiger partial charge on any atom is 0.321 e. The van der Waals surface area contributed by atoms with Crippen molar-refractivity contribution in [3.8, 4) is 17.4 Å². The van der Waals surface area contributed by atoms with E-state index in [0.29, 0.717) is 30.4 Å². The van der Waals surface area contributed by atoms with Gasteiger partial charge in [0.25, 0.3) is 0 Å². The molecule has 7 nitrogen and oxygen atoms in total. The standard InChI is InChI=1S/C25H26N4O3/c1-18-23(8-9-24(27-18)31-2)32-22-7-3-5-20(16-22)15-19-10-13-29(14-11-19)25(30)28-21-6-4-12-26-17-21/h3-9,12,15-17H,10-11,13-14H2,1-2H3,(H,28,30). The molecule has 1 saturated heterocycles. The third kappa shape index (κ3) is 5.43. The maximum atomic E-state index is 12.5. The van der Waals surface area contributed by atoms with Crippen LogP contribution in [0.3, 0.4) is 0 Å². The van der Waals surface area contributed by atoms with Crippen LogP contribution < -0.4 is 14.8 Å². The molecule has 2 aromatic heterocycles. The topological polar surface area (TPSA) is 76.6 Å². The van der Waals surface area contributed by atoms with Crippen LogP contribution >= 0.6 is 0 Å². The number of amides is 2. The van der Waals surface area contributed by atoms with Gasteiger partial charge in [-0.05, 0) is 55.7 Å². The van der Waals surface area contributed by atoms with Gasteiger partial charge in [-0.1, -0.05) is 23.8 Å². The molecular formula is C25H26N4O3. The van der Waals surface area contributed by atoms with Crippen LogP contribution in [0, 0.1) is 6.92 Å². The number of methoxy groups -OCH3 is 1. The van der Waals surface area contributed by atoms with E-state index in [1.807, 2.05) is 42.2 Å². The monoisotopic (exact) mass is 430 g/mol. The van der Waals surface area contributed by atoms with Crippen molar-refractivity contribution in [2.45, 2.75) is 19.8 Å². The Hall–Kier alpha value is -3.87. The number of pyridine rings is 2. The number of aryl methyl sites for hydroxylation is 1. The highest BCUT2D eigenvalue weighted by molar-refractivity contribution is 5.89. The first-order valence-electron chi connectivity index (χ1n) is 10.6. The second-order valence-electron chi connectivity index (χ2n) is 7.57. The summed E-state index contributed by atoms with van der Waals surface area (Å²) in [7, 11) is 1.59. The van der Waals surface area contributed by atoms with Gasteiger partial charge < -0.3 is 19.7 Å². The number of hydrogen-bond donors (Lipinski definition) is 1. The Bertz CT molecular complexity index is 1110. The first-order valence-corrected chi connectivity index (χ1v) is 10.6. The fourth-order valence-electron chi connectivity index (χ4n) is 3.56. The van der Waals surface area contributed by atoms with Crippen LogP contribution in [0.1, 0.15) is 24.1 Å². The molecular weight excluding hydrogens is 404 g/mol. The Kier molecular flexibility index (Phi) is 6.65. The summed E-state index contributed by atoms with van der Waals surface area (Å²) in [5.41, 5.74) is 3.86. The first-order chi connectivity index (χ1) is 15.6. The predicted molar refractivity (Wildman–Crippen MR) is 124 cm³/mol. The Morgan fingerprint density at radius 2 is 1.97 bits per heavy atom. The number of rotatable bonds is 5. The lowest BCUT2D eigenvalue weighted by atomic mass is 10.0. The molecule has 0 atom stereocenters. The van der Waals surface area contributed by atoms with E-state index in [9.17, 15) is 4.79 Å². The van der Waals surface area contributed by atoms with Gasteiger partial charge in [0.15, 0.2) is 0 Å². The number of urea groups is 1. The summed E-state index contributed by atoms with van der Waals surface area (Å²) in [4.78, 5) is 22.7. The quantitative estimate of drug-likeness (QED) is 0.595. The normalized spacial score (nSPS) is 13.4. The number of carbonyl (C=O) groups is 1. The third-order valence-electron chi connectivity index (χ3n) is 5.28. The van der Waals surface area contributed by atoms with Crippen LogP contribution in [0.5, 0.6) is 17.4 Å². The number of ether oxygens (including phenoxy) is 2. The van der Waals surface area contributed by atoms with Crippen LogP contribution in [-0.4, -0.2) is 41.1 Å². The molecule has 0 unspecified atom stereocenters. The summed E-state index contributed by atoms with van der Waals surface area (Å²) in [6.07, 6.45) is 7.19. The van der Waals surface area contributed by atoms with Gasteiger partial charge in [-0.2, -0.15) is 0 Å². The summed E-state index contributed by atoms with van der Waals surface area (Å²) in [5.74, 6) is 2.01. The van der Waals surface area contributed by atoms with Crippen LogP contribution in [-0.2, 0) is 0 Å². The maximum absolute atomic E-state index is 12.5. The lowest BCUT2D eigenvalue weighted by molar-refractivity contribution is 0.208. The van der Waals surface area contributed by atoms with Crippen molar-refractivity contribution in [1.29, 1.82) is 0 Å². The van der Waals surface area contributed by atoms with Gasteiger partial charge in [-0.15, -0.1) is 0 Å². The predicted octanol–water partition coefficient (Wildman–Crippen LogP) is 5.30. The Labute approximate surface area is 187 Å². The fourth-order valence-corrected chi connectivity index (χ4v) is 3.56. The SMILES string of the molecule is COc1ccc(Oc2cccc(C=C3CCN(C(=O)Nc4cccnc4)CC3)c2)c(C)n1. The van der Waals surface area contributed by atoms with E-state index < -0.39 is 0 Å². The highest BCUT2D eigenvalue weighted by atomic mass is 16.5. The molecule has 0 bridgehead atoms. The second-order valence-corrected chi connectivity index (χ2v) is 7.57. The van der Waals surface area contributed by atoms with E-state index in [4.69, 9.17) is 9.47 Å². The van der Waals surface area contributed by atoms with Crippen LogP contribution in [0.2, 0.25) is 0 Å². The highest BCUT2D eigenvalue weighted by Crippen LogP contribution is 2.28. The van der Waals surface area contributed by atoms with Crippen molar-refractivity contribution in [3.63, 3.8) is 0 Å². The van der Waals surface area contributed by atoms with E-state index >= 15 is 0 Å². The Balaban J connectivity index is 1.36. The lowest BCUT2D eigenvalue weighted by Crippen LogP contribution is -2.39. The molecule has 3 heterocycles. The zero-order valence-electron chi connectivity index (χ0n) is 18.2. The third-order valence-corrected chi connectivity index (χ3v) is 5.28. The van der Waals surface area contributed by atoms with Gasteiger partial charge in [-0.3, -0.25) is 4.98 Å². The summed E-state index contributed by atoms with van der Waals surface area (Å²) >= 11 is 0. The van der Waals surface area contributed by atoms with Gasteiger partial charge in [-0.25, -0.2) is 9.78 Å². The summed E-state index contributed by atoms with van der Waals surface area (Å²) in [5, 5.41) is 2.89. The highest BCUT2D eigenvalue weighted by Gasteiger charge is 2.19. The number of piperidine rings is 1. The number of nitrogens with zero attached hydrogens (tertiary/aromatic N) is 3. The van der Waals surface area contributed by atoms with Crippen molar-refractivity contribution < 1.29 is 14.3 Å². The van der Waals surface area contributed by atoms with Crippen LogP contribution in [0.25, 0.3) is 6.08 Å². The molecule has 1 aromatic carbocycles. The van der Waals surface area contributed by atoms with Crippen LogP contribution in [0.4, 0.5) is 10.5 Å². The van der Waals surface area contributed by atoms with Gasteiger partial charge >= 0.3 is 6.03 Å². The average Bonchev–Trinajstić information content (AvgIpc) is 2.82. The van der Waals surface area contributed by atoms with E-state index in [0.717, 1.165) is 29.8 Å². The zero-order valence-corrected chi connectivity index (χ0v) is 18.2. The smallest absolute Gasteiger partial charge is 0.321 e. The van der Waals surface area contributed by atoms with E-state index in [1.165, 1.54) is 5.57 Å². The molecule has 0 radical (unpaired) electrons. The van der Waals surface area contributed by atoms with Crippen molar-refractivity contribution >= 4 is 17.8 Å². The molecule has 1 N–H and O–H groups in total. The lowest BCUT2D eigenvalue weighted by Gasteiger charge is -2.28. The molecule has 0 saturated carbocycles. The summed E-state index contributed by atoms with van der Waals surface area (Å²) in [6, 6.07) is 15.2. The second kappa shape index (κ2) is 9.96. The minimum atomic E-state index is -0.0871. The van der Waals surface area contributed by atoms with Gasteiger partial charge in [0.1, 0.15) is 11.5 Å². The molecule has 2 amide bonds. The molecule has 0 aliphatic carbocycles. The molecule has 1 fully saturated rings. The molecule has 1 aliphatic heterocycles. The van der Waals surface area contributed by atoms with E-state index in [1.54, 1.807) is 31.6 Å². The first kappa shape index (κ1) is 21.4. The van der Waals surface area contributed by atoms with Crippen molar-refractivity contribution in [1.82, 2.24) is 14.9 Å². The molecule has 3 aromatic rings. The Morgan fingerprint density at radius 1 is 1.12 bits per heavy atom.